The highest BCUT2D eigenvalue weighted by molar-refractivity contribution is 7.99. The Labute approximate surface area is 181 Å². The zero-order valence-electron chi connectivity index (χ0n) is 18.0. The van der Waals surface area contributed by atoms with Gasteiger partial charge in [0.2, 0.25) is 5.91 Å². The fourth-order valence-electron chi connectivity index (χ4n) is 3.48. The van der Waals surface area contributed by atoms with Crippen LogP contribution in [0.15, 0.2) is 58.5 Å². The molecule has 1 amide bonds. The van der Waals surface area contributed by atoms with Crippen LogP contribution in [0, 0.1) is 5.92 Å². The van der Waals surface area contributed by atoms with E-state index < -0.39 is 0 Å². The lowest BCUT2D eigenvalue weighted by atomic mass is 9.95. The smallest absolute Gasteiger partial charge is 0.262 e. The second-order valence-corrected chi connectivity index (χ2v) is 8.58. The van der Waals surface area contributed by atoms with Gasteiger partial charge in [-0.05, 0) is 42.5 Å². The van der Waals surface area contributed by atoms with E-state index in [0.717, 1.165) is 12.0 Å². The second kappa shape index (κ2) is 9.94. The standard InChI is InChI=1S/C24H29N3O2S/c1-5-17-11-13-18(14-12-17)22(16(3)4)26-21(28)15-30-24-25-20-10-8-7-9-19(20)23(29)27(24)6-2/h7-14,16,22H,5-6,15H2,1-4H3,(H,26,28)/t22-/m0/s1. The molecule has 1 aromatic heterocycles. The van der Waals surface area contributed by atoms with Gasteiger partial charge >= 0.3 is 0 Å². The summed E-state index contributed by atoms with van der Waals surface area (Å²) in [6, 6.07) is 15.7. The molecule has 0 fully saturated rings. The lowest BCUT2D eigenvalue weighted by Gasteiger charge is -2.23. The highest BCUT2D eigenvalue weighted by Crippen LogP contribution is 2.23. The molecule has 1 atom stereocenters. The van der Waals surface area contributed by atoms with Crippen LogP contribution < -0.4 is 10.9 Å². The number of aryl methyl sites for hydroxylation is 1. The molecule has 0 saturated heterocycles. The van der Waals surface area contributed by atoms with E-state index >= 15 is 0 Å². The third kappa shape index (κ3) is 4.93. The molecule has 158 valence electrons. The largest absolute Gasteiger partial charge is 0.348 e. The van der Waals surface area contributed by atoms with Crippen molar-refractivity contribution in [2.75, 3.05) is 5.75 Å². The van der Waals surface area contributed by atoms with Crippen molar-refractivity contribution in [2.45, 2.75) is 51.9 Å². The number of amides is 1. The Morgan fingerprint density at radius 2 is 1.80 bits per heavy atom. The molecule has 30 heavy (non-hydrogen) atoms. The molecule has 1 heterocycles. The molecule has 0 bridgehead atoms. The van der Waals surface area contributed by atoms with Crippen LogP contribution in [-0.2, 0) is 17.8 Å². The summed E-state index contributed by atoms with van der Waals surface area (Å²) in [5.41, 5.74) is 2.98. The van der Waals surface area contributed by atoms with Crippen molar-refractivity contribution in [2.24, 2.45) is 5.92 Å². The highest BCUT2D eigenvalue weighted by Gasteiger charge is 2.19. The Hall–Kier alpha value is -2.60. The normalized spacial score (nSPS) is 12.3. The first-order chi connectivity index (χ1) is 14.4. The highest BCUT2D eigenvalue weighted by atomic mass is 32.2. The minimum Gasteiger partial charge on any atom is -0.348 e. The van der Waals surface area contributed by atoms with Crippen molar-refractivity contribution in [1.29, 1.82) is 0 Å². The van der Waals surface area contributed by atoms with Gasteiger partial charge in [0.05, 0.1) is 22.7 Å². The number of benzene rings is 2. The van der Waals surface area contributed by atoms with Crippen molar-refractivity contribution in [1.82, 2.24) is 14.9 Å². The van der Waals surface area contributed by atoms with E-state index in [1.807, 2.05) is 25.1 Å². The molecule has 0 aliphatic rings. The number of fused-ring (bicyclic) bond motifs is 1. The predicted octanol–water partition coefficient (Wildman–Crippen LogP) is 4.58. The number of aromatic nitrogens is 2. The molecule has 3 rings (SSSR count). The Morgan fingerprint density at radius 3 is 2.43 bits per heavy atom. The summed E-state index contributed by atoms with van der Waals surface area (Å²) in [5, 5.41) is 4.33. The molecule has 0 saturated carbocycles. The van der Waals surface area contributed by atoms with Gasteiger partial charge < -0.3 is 5.32 Å². The van der Waals surface area contributed by atoms with Gasteiger partial charge in [0, 0.05) is 6.54 Å². The third-order valence-corrected chi connectivity index (χ3v) is 6.18. The minimum atomic E-state index is -0.0675. The summed E-state index contributed by atoms with van der Waals surface area (Å²) >= 11 is 1.30. The SMILES string of the molecule is CCc1ccc([C@@H](NC(=O)CSc2nc3ccccc3c(=O)n2CC)C(C)C)cc1. The van der Waals surface area contributed by atoms with Crippen LogP contribution >= 0.6 is 11.8 Å². The number of carbonyl (C=O) groups is 1. The maximum absolute atomic E-state index is 12.7. The first kappa shape index (κ1) is 22.1. The van der Waals surface area contributed by atoms with Crippen molar-refractivity contribution in [3.63, 3.8) is 0 Å². The number of nitrogens with one attached hydrogen (secondary N) is 1. The maximum atomic E-state index is 12.7. The van der Waals surface area contributed by atoms with Gasteiger partial charge in [0.15, 0.2) is 5.16 Å². The predicted molar refractivity (Wildman–Crippen MR) is 124 cm³/mol. The second-order valence-electron chi connectivity index (χ2n) is 7.63. The van der Waals surface area contributed by atoms with E-state index in [0.29, 0.717) is 22.6 Å². The Bertz CT molecular complexity index is 1070. The van der Waals surface area contributed by atoms with Crippen molar-refractivity contribution >= 4 is 28.6 Å². The summed E-state index contributed by atoms with van der Waals surface area (Å²) in [6.45, 7) is 8.76. The Balaban J connectivity index is 1.75. The van der Waals surface area contributed by atoms with Crippen LogP contribution in [-0.4, -0.2) is 21.2 Å². The number of thioether (sulfide) groups is 1. The van der Waals surface area contributed by atoms with Gasteiger partial charge in [-0.25, -0.2) is 4.98 Å². The van der Waals surface area contributed by atoms with Crippen LogP contribution in [0.25, 0.3) is 10.9 Å². The zero-order valence-corrected chi connectivity index (χ0v) is 18.8. The first-order valence-electron chi connectivity index (χ1n) is 10.4. The monoisotopic (exact) mass is 423 g/mol. The minimum absolute atomic E-state index is 0.0538. The molecule has 1 N–H and O–H groups in total. The quantitative estimate of drug-likeness (QED) is 0.425. The molecule has 3 aromatic rings. The molecule has 6 heteroatoms. The van der Waals surface area contributed by atoms with Crippen LogP contribution in [0.3, 0.4) is 0 Å². The van der Waals surface area contributed by atoms with Crippen molar-refractivity contribution in [3.05, 3.63) is 70.0 Å². The fraction of sp³-hybridized carbons (Fsp3) is 0.375. The molecule has 0 spiro atoms. The summed E-state index contributed by atoms with van der Waals surface area (Å²) in [4.78, 5) is 30.1. The summed E-state index contributed by atoms with van der Waals surface area (Å²) < 4.78 is 1.63. The molecule has 0 unspecified atom stereocenters. The summed E-state index contributed by atoms with van der Waals surface area (Å²) in [5.74, 6) is 0.406. The number of hydrogen-bond acceptors (Lipinski definition) is 4. The lowest BCUT2D eigenvalue weighted by molar-refractivity contribution is -0.119. The topological polar surface area (TPSA) is 64.0 Å². The molecule has 0 aliphatic carbocycles. The van der Waals surface area contributed by atoms with Crippen LogP contribution in [0.2, 0.25) is 0 Å². The van der Waals surface area contributed by atoms with E-state index in [4.69, 9.17) is 0 Å². The fourth-order valence-corrected chi connectivity index (χ4v) is 4.35. The molecule has 5 nitrogen and oxygen atoms in total. The van der Waals surface area contributed by atoms with E-state index in [-0.39, 0.29) is 29.2 Å². The van der Waals surface area contributed by atoms with Crippen LogP contribution in [0.5, 0.6) is 0 Å². The van der Waals surface area contributed by atoms with Crippen molar-refractivity contribution in [3.8, 4) is 0 Å². The summed E-state index contributed by atoms with van der Waals surface area (Å²) in [6.07, 6.45) is 0.994. The van der Waals surface area contributed by atoms with Gasteiger partial charge in [-0.15, -0.1) is 0 Å². The maximum Gasteiger partial charge on any atom is 0.262 e. The Morgan fingerprint density at radius 1 is 1.10 bits per heavy atom. The average molecular weight is 424 g/mol. The van der Waals surface area contributed by atoms with E-state index in [9.17, 15) is 9.59 Å². The molecular weight excluding hydrogens is 394 g/mol. The van der Waals surface area contributed by atoms with Gasteiger partial charge in [0.25, 0.3) is 5.56 Å². The molecule has 2 aromatic carbocycles. The number of rotatable bonds is 8. The van der Waals surface area contributed by atoms with Crippen LogP contribution in [0.4, 0.5) is 0 Å². The zero-order chi connectivity index (χ0) is 21.7. The lowest BCUT2D eigenvalue weighted by Crippen LogP contribution is -2.33. The van der Waals surface area contributed by atoms with Crippen LogP contribution in [0.1, 0.15) is 44.9 Å². The van der Waals surface area contributed by atoms with Crippen molar-refractivity contribution < 1.29 is 4.79 Å². The number of carbonyl (C=O) groups excluding carboxylic acids is 1. The third-order valence-electron chi connectivity index (χ3n) is 5.21. The number of hydrogen-bond donors (Lipinski definition) is 1. The Kier molecular flexibility index (Phi) is 7.32. The number of para-hydroxylation sites is 1. The van der Waals surface area contributed by atoms with Gasteiger partial charge in [-0.1, -0.05) is 68.9 Å². The molecule has 0 aliphatic heterocycles. The number of nitrogens with zero attached hydrogens (tertiary/aromatic N) is 2. The van der Waals surface area contributed by atoms with Gasteiger partial charge in [0.1, 0.15) is 0 Å². The van der Waals surface area contributed by atoms with E-state index in [1.165, 1.54) is 17.3 Å². The van der Waals surface area contributed by atoms with Gasteiger partial charge in [-0.3, -0.25) is 14.2 Å². The van der Waals surface area contributed by atoms with Gasteiger partial charge in [-0.2, -0.15) is 0 Å². The summed E-state index contributed by atoms with van der Waals surface area (Å²) in [7, 11) is 0. The van der Waals surface area contributed by atoms with E-state index in [2.05, 4.69) is 55.3 Å². The molecular formula is C24H29N3O2S. The molecule has 0 radical (unpaired) electrons. The average Bonchev–Trinajstić information content (AvgIpc) is 2.76. The first-order valence-corrected chi connectivity index (χ1v) is 11.4. The van der Waals surface area contributed by atoms with E-state index in [1.54, 1.807) is 10.6 Å².